The van der Waals surface area contributed by atoms with Crippen molar-refractivity contribution in [2.45, 2.75) is 116 Å². The van der Waals surface area contributed by atoms with Crippen LogP contribution in [0, 0.1) is 0 Å². The molecule has 36 heavy (non-hydrogen) atoms. The Bertz CT molecular complexity index is 697. The van der Waals surface area contributed by atoms with Crippen molar-refractivity contribution in [1.82, 2.24) is 5.32 Å². The summed E-state index contributed by atoms with van der Waals surface area (Å²) < 4.78 is 21.3. The van der Waals surface area contributed by atoms with Gasteiger partial charge >= 0.3 is 7.82 Å². The number of hydrogen-bond acceptors (Lipinski definition) is 4. The average Bonchev–Trinajstić information content (AvgIpc) is 2.86. The Morgan fingerprint density at radius 1 is 0.778 bits per heavy atom. The minimum Gasteiger partial charge on any atom is -0.379 e. The van der Waals surface area contributed by atoms with Gasteiger partial charge in [0.2, 0.25) is 0 Å². The minimum absolute atomic E-state index is 0.136. The molecule has 0 radical (unpaired) electrons. The lowest BCUT2D eigenvalue weighted by atomic mass is 10.0. The molecule has 0 spiro atoms. The molecule has 1 amide bonds. The third kappa shape index (κ3) is 19.9. The molecule has 1 aromatic carbocycles. The Kier molecular flexibility index (Phi) is 19.9. The smallest absolute Gasteiger partial charge is 0.379 e. The van der Waals surface area contributed by atoms with Gasteiger partial charge in [-0.3, -0.25) is 9.32 Å². The summed E-state index contributed by atoms with van der Waals surface area (Å²) in [6.45, 7) is 2.63. The minimum atomic E-state index is -4.62. The number of nitrogens with one attached hydrogen (secondary N) is 1. The van der Waals surface area contributed by atoms with Gasteiger partial charge in [-0.2, -0.15) is 0 Å². The van der Waals surface area contributed by atoms with Crippen molar-refractivity contribution in [3.8, 4) is 0 Å². The number of carbonyl (C=O) groups is 1. The van der Waals surface area contributed by atoms with E-state index < -0.39 is 13.9 Å². The van der Waals surface area contributed by atoms with Crippen LogP contribution < -0.4 is 5.32 Å². The predicted octanol–water partition coefficient (Wildman–Crippen LogP) is 7.17. The first-order chi connectivity index (χ1) is 17.4. The Balaban J connectivity index is 2.03. The molecule has 1 aromatic rings. The van der Waals surface area contributed by atoms with Gasteiger partial charge in [0.25, 0.3) is 5.91 Å². The molecule has 208 valence electrons. The molecule has 0 unspecified atom stereocenters. The number of ether oxygens (including phenoxy) is 1. The molecule has 0 saturated carbocycles. The van der Waals surface area contributed by atoms with Gasteiger partial charge in [-0.05, 0) is 18.6 Å². The van der Waals surface area contributed by atoms with Crippen molar-refractivity contribution < 1.29 is 28.4 Å². The summed E-state index contributed by atoms with van der Waals surface area (Å²) in [5.41, 5.74) is 0.469. The number of amides is 1. The van der Waals surface area contributed by atoms with Gasteiger partial charge in [-0.1, -0.05) is 121 Å². The molecule has 0 aromatic heterocycles. The Hall–Kier alpha value is -1.24. The van der Waals surface area contributed by atoms with E-state index in [1.807, 2.05) is 6.07 Å². The summed E-state index contributed by atoms with van der Waals surface area (Å²) in [5, 5.41) is 2.73. The zero-order valence-electron chi connectivity index (χ0n) is 22.4. The van der Waals surface area contributed by atoms with Crippen molar-refractivity contribution >= 4 is 13.7 Å². The third-order valence-corrected chi connectivity index (χ3v) is 6.76. The number of phosphoric ester groups is 1. The molecule has 1 atom stereocenters. The van der Waals surface area contributed by atoms with Crippen molar-refractivity contribution in [1.29, 1.82) is 0 Å². The molecule has 0 aliphatic rings. The molecule has 0 fully saturated rings. The fourth-order valence-electron chi connectivity index (χ4n) is 4.15. The highest BCUT2D eigenvalue weighted by atomic mass is 31.2. The average molecular weight is 528 g/mol. The molecule has 0 aliphatic carbocycles. The van der Waals surface area contributed by atoms with E-state index in [4.69, 9.17) is 14.5 Å². The molecule has 0 heterocycles. The lowest BCUT2D eigenvalue weighted by Gasteiger charge is -2.19. The van der Waals surface area contributed by atoms with Gasteiger partial charge in [-0.25, -0.2) is 4.57 Å². The van der Waals surface area contributed by atoms with E-state index in [9.17, 15) is 9.36 Å². The third-order valence-electron chi connectivity index (χ3n) is 6.28. The number of rotatable bonds is 24. The fourth-order valence-corrected chi connectivity index (χ4v) is 4.53. The second-order valence-corrected chi connectivity index (χ2v) is 10.9. The van der Waals surface area contributed by atoms with E-state index in [-0.39, 0.29) is 19.1 Å². The monoisotopic (exact) mass is 527 g/mol. The lowest BCUT2D eigenvalue weighted by Crippen LogP contribution is -2.41. The largest absolute Gasteiger partial charge is 0.469 e. The van der Waals surface area contributed by atoms with Crippen molar-refractivity contribution in [3.63, 3.8) is 0 Å². The summed E-state index contributed by atoms with van der Waals surface area (Å²) in [4.78, 5) is 30.3. The van der Waals surface area contributed by atoms with E-state index in [1.54, 1.807) is 24.3 Å². The Labute approximate surface area is 219 Å². The molecule has 7 nitrogen and oxygen atoms in total. The maximum absolute atomic E-state index is 12.4. The molecule has 1 rings (SSSR count). The zero-order valence-corrected chi connectivity index (χ0v) is 23.3. The molecular formula is C28H50NO6P. The van der Waals surface area contributed by atoms with Crippen LogP contribution in [0.2, 0.25) is 0 Å². The quantitative estimate of drug-likeness (QED) is 0.0972. The highest BCUT2D eigenvalue weighted by Crippen LogP contribution is 2.35. The number of carbonyl (C=O) groups excluding carboxylic acids is 1. The number of hydrogen-bond donors (Lipinski definition) is 3. The maximum Gasteiger partial charge on any atom is 0.469 e. The van der Waals surface area contributed by atoms with Crippen LogP contribution in [0.25, 0.3) is 0 Å². The normalized spacial score (nSPS) is 12.5. The lowest BCUT2D eigenvalue weighted by molar-refractivity contribution is 0.0698. The number of benzene rings is 1. The van der Waals surface area contributed by atoms with Crippen molar-refractivity contribution in [3.05, 3.63) is 35.9 Å². The summed E-state index contributed by atoms with van der Waals surface area (Å²) in [6, 6.07) is 8.02. The van der Waals surface area contributed by atoms with E-state index in [2.05, 4.69) is 16.8 Å². The molecular weight excluding hydrogens is 477 g/mol. The van der Waals surface area contributed by atoms with Crippen LogP contribution in [0.5, 0.6) is 0 Å². The van der Waals surface area contributed by atoms with Gasteiger partial charge < -0.3 is 19.8 Å². The Morgan fingerprint density at radius 3 is 1.72 bits per heavy atom. The van der Waals surface area contributed by atoms with Crippen LogP contribution in [-0.4, -0.2) is 41.6 Å². The summed E-state index contributed by atoms with van der Waals surface area (Å²) in [7, 11) is -4.62. The summed E-state index contributed by atoms with van der Waals surface area (Å²) >= 11 is 0. The van der Waals surface area contributed by atoms with Gasteiger partial charge in [0, 0.05) is 12.2 Å². The van der Waals surface area contributed by atoms with E-state index >= 15 is 0 Å². The first-order valence-electron chi connectivity index (χ1n) is 14.1. The van der Waals surface area contributed by atoms with Gasteiger partial charge in [-0.15, -0.1) is 0 Å². The second-order valence-electron chi connectivity index (χ2n) is 9.70. The summed E-state index contributed by atoms with van der Waals surface area (Å²) in [5.74, 6) is -0.332. The van der Waals surface area contributed by atoms with E-state index in [1.165, 1.54) is 89.9 Å². The van der Waals surface area contributed by atoms with Gasteiger partial charge in [0.1, 0.15) is 0 Å². The maximum atomic E-state index is 12.4. The first-order valence-corrected chi connectivity index (χ1v) is 15.6. The van der Waals surface area contributed by atoms with Crippen LogP contribution in [0.3, 0.4) is 0 Å². The van der Waals surface area contributed by atoms with Crippen LogP contribution in [-0.2, 0) is 13.8 Å². The highest BCUT2D eigenvalue weighted by molar-refractivity contribution is 7.46. The first kappa shape index (κ1) is 32.8. The molecule has 3 N–H and O–H groups in total. The van der Waals surface area contributed by atoms with E-state index in [0.717, 1.165) is 12.8 Å². The zero-order chi connectivity index (χ0) is 26.3. The van der Waals surface area contributed by atoms with Crippen LogP contribution >= 0.6 is 7.82 Å². The predicted molar refractivity (Wildman–Crippen MR) is 146 cm³/mol. The molecule has 0 saturated heterocycles. The van der Waals surface area contributed by atoms with Gasteiger partial charge in [0.05, 0.1) is 19.3 Å². The standard InChI is InChI=1S/C28H50NO6P/c1-2-3-4-5-6-7-8-9-10-11-12-13-14-15-16-20-23-34-24-27(25-35-36(31,32)33)29-28(30)26-21-18-17-19-22-26/h17-19,21-22,27H,2-16,20,23-25H2,1H3,(H,29,30)(H2,31,32,33)/t27-/m1/s1. The highest BCUT2D eigenvalue weighted by Gasteiger charge is 2.20. The second kappa shape index (κ2) is 21.8. The molecule has 0 bridgehead atoms. The van der Waals surface area contributed by atoms with Gasteiger partial charge in [0.15, 0.2) is 0 Å². The topological polar surface area (TPSA) is 105 Å². The SMILES string of the molecule is CCCCCCCCCCCCCCCCCCOC[C@H](COP(=O)(O)O)NC(=O)c1ccccc1. The number of unbranched alkanes of at least 4 members (excludes halogenated alkanes) is 15. The fraction of sp³-hybridized carbons (Fsp3) is 0.750. The molecule has 0 aliphatic heterocycles. The van der Waals surface area contributed by atoms with Crippen molar-refractivity contribution in [2.24, 2.45) is 0 Å². The van der Waals surface area contributed by atoms with Crippen LogP contribution in [0.4, 0.5) is 0 Å². The van der Waals surface area contributed by atoms with Crippen LogP contribution in [0.15, 0.2) is 30.3 Å². The number of phosphoric acid groups is 1. The van der Waals surface area contributed by atoms with Crippen molar-refractivity contribution in [2.75, 3.05) is 19.8 Å². The Morgan fingerprint density at radius 2 is 1.25 bits per heavy atom. The van der Waals surface area contributed by atoms with Crippen LogP contribution in [0.1, 0.15) is 120 Å². The van der Waals surface area contributed by atoms with E-state index in [0.29, 0.717) is 12.2 Å². The summed E-state index contributed by atoms with van der Waals surface area (Å²) in [6.07, 6.45) is 20.9. The molecule has 8 heteroatoms.